The topological polar surface area (TPSA) is 126 Å². The number of hydrogen-bond donors (Lipinski definition) is 3. The summed E-state index contributed by atoms with van der Waals surface area (Å²) in [4.78, 5) is 39.1. The molecule has 2 aromatic carbocycles. The first kappa shape index (κ1) is 36.1. The second-order valence-corrected chi connectivity index (χ2v) is 17.2. The molecular weight excluding hydrogens is 590 g/mol. The van der Waals surface area contributed by atoms with Crippen LogP contribution in [-0.4, -0.2) is 74.5 Å². The number of carbonyl (C=O) groups excluding carboxylic acids is 3. The van der Waals surface area contributed by atoms with Gasteiger partial charge in [-0.1, -0.05) is 52.0 Å². The molecule has 0 aromatic heterocycles. The highest BCUT2D eigenvalue weighted by Crippen LogP contribution is 2.31. The molecule has 10 nitrogen and oxygen atoms in total. The third-order valence-corrected chi connectivity index (χ3v) is 11.2. The van der Waals surface area contributed by atoms with Crippen molar-refractivity contribution in [1.82, 2.24) is 15.5 Å². The highest BCUT2D eigenvalue weighted by molar-refractivity contribution is 6.53. The summed E-state index contributed by atoms with van der Waals surface area (Å²) in [7, 11) is -1.51. The van der Waals surface area contributed by atoms with E-state index in [4.69, 9.17) is 13.9 Å². The average Bonchev–Trinajstić information content (AvgIpc) is 2.96. The molecule has 4 unspecified atom stereocenters. The predicted octanol–water partition coefficient (Wildman–Crippen LogP) is 4.79. The van der Waals surface area contributed by atoms with E-state index >= 15 is 0 Å². The van der Waals surface area contributed by atoms with Gasteiger partial charge in [0.15, 0.2) is 9.04 Å². The highest BCUT2D eigenvalue weighted by Gasteiger charge is 2.38. The fourth-order valence-electron chi connectivity index (χ4n) is 4.60. The van der Waals surface area contributed by atoms with E-state index in [0.717, 1.165) is 11.1 Å². The molecule has 1 fully saturated rings. The summed E-state index contributed by atoms with van der Waals surface area (Å²) in [5, 5.41) is 16.3. The molecular formula is C34H51N3O7Si. The van der Waals surface area contributed by atoms with E-state index in [1.165, 1.54) is 0 Å². The number of ether oxygens (including phenoxy) is 2. The Bertz CT molecular complexity index is 1270. The second-order valence-electron chi connectivity index (χ2n) is 13.9. The Hall–Kier alpha value is -3.41. The number of carbonyl (C=O) groups is 3. The van der Waals surface area contributed by atoms with Crippen molar-refractivity contribution in [3.8, 4) is 5.75 Å². The van der Waals surface area contributed by atoms with Crippen molar-refractivity contribution in [2.75, 3.05) is 19.7 Å². The maximum absolute atomic E-state index is 12.9. The minimum atomic E-state index is -1.51. The van der Waals surface area contributed by atoms with Crippen molar-refractivity contribution >= 4 is 26.9 Å². The van der Waals surface area contributed by atoms with Crippen LogP contribution in [0.15, 0.2) is 48.5 Å². The molecule has 3 N–H and O–H groups in total. The van der Waals surface area contributed by atoms with Crippen molar-refractivity contribution in [3.63, 3.8) is 0 Å². The lowest BCUT2D eigenvalue weighted by Crippen LogP contribution is -2.55. The van der Waals surface area contributed by atoms with Gasteiger partial charge in [0.25, 0.3) is 5.91 Å². The molecule has 0 bridgehead atoms. The van der Waals surface area contributed by atoms with E-state index in [1.54, 1.807) is 49.9 Å². The number of benzene rings is 2. The van der Waals surface area contributed by atoms with Crippen molar-refractivity contribution in [2.24, 2.45) is 5.92 Å². The predicted molar refractivity (Wildman–Crippen MR) is 177 cm³/mol. The van der Waals surface area contributed by atoms with Gasteiger partial charge in [0.05, 0.1) is 25.2 Å². The molecule has 45 heavy (non-hydrogen) atoms. The van der Waals surface area contributed by atoms with Crippen LogP contribution in [-0.2, 0) is 27.0 Å². The Labute approximate surface area is 269 Å². The van der Waals surface area contributed by atoms with Crippen LogP contribution in [0.3, 0.4) is 0 Å². The van der Waals surface area contributed by atoms with Gasteiger partial charge >= 0.3 is 6.09 Å². The maximum Gasteiger partial charge on any atom is 0.407 e. The zero-order chi connectivity index (χ0) is 33.4. The van der Waals surface area contributed by atoms with Gasteiger partial charge < -0.3 is 34.5 Å². The molecule has 1 saturated heterocycles. The van der Waals surface area contributed by atoms with Crippen molar-refractivity contribution < 1.29 is 33.4 Å². The fraction of sp³-hybridized carbons (Fsp3) is 0.559. The minimum absolute atomic E-state index is 0.0220. The number of aliphatic hydroxyl groups is 1. The van der Waals surface area contributed by atoms with Crippen LogP contribution >= 0.6 is 0 Å². The van der Waals surface area contributed by atoms with Gasteiger partial charge in [0.2, 0.25) is 5.91 Å². The second kappa shape index (κ2) is 15.7. The summed E-state index contributed by atoms with van der Waals surface area (Å²) in [6.07, 6.45) is -1.07. The van der Waals surface area contributed by atoms with Gasteiger partial charge in [-0.3, -0.25) is 9.59 Å². The third-order valence-electron chi connectivity index (χ3n) is 7.97. The quantitative estimate of drug-likeness (QED) is 0.301. The molecule has 0 spiro atoms. The van der Waals surface area contributed by atoms with E-state index in [-0.39, 0.29) is 41.9 Å². The number of hydrogen-bond acceptors (Lipinski definition) is 7. The van der Waals surface area contributed by atoms with Crippen LogP contribution < -0.4 is 15.4 Å². The number of aliphatic hydroxyl groups excluding tert-OH is 1. The summed E-state index contributed by atoms with van der Waals surface area (Å²) < 4.78 is 17.5. The molecule has 4 atom stereocenters. The van der Waals surface area contributed by atoms with Gasteiger partial charge in [0.1, 0.15) is 11.4 Å². The number of piperidine rings is 1. The van der Waals surface area contributed by atoms with E-state index in [0.29, 0.717) is 37.5 Å². The maximum atomic E-state index is 12.9. The molecule has 3 amide bonds. The SMILES string of the molecule is CC1C(O)CN(C(=O)CCOc2ccc(CNC(=O)c3ccc(CNC(=O)OC(C)(C)C)cc3)cc2)CC1O[SiH](C)C(C)(C)C. The summed E-state index contributed by atoms with van der Waals surface area (Å²) in [5.74, 6) is 0.338. The van der Waals surface area contributed by atoms with Crippen molar-refractivity contribution in [1.29, 1.82) is 0 Å². The highest BCUT2D eigenvalue weighted by atomic mass is 28.3. The molecule has 1 aliphatic heterocycles. The first-order valence-electron chi connectivity index (χ1n) is 15.7. The van der Waals surface area contributed by atoms with Gasteiger partial charge in [-0.2, -0.15) is 0 Å². The molecule has 1 aliphatic rings. The molecule has 0 aliphatic carbocycles. The van der Waals surface area contributed by atoms with Gasteiger partial charge in [-0.15, -0.1) is 0 Å². The smallest absolute Gasteiger partial charge is 0.407 e. The standard InChI is InChI=1S/C34H51N3O7Si/c1-23-28(38)21-37(22-29(23)44-45(8)34(5,6)7)30(39)17-18-42-27-15-11-25(12-16-27)19-35-31(40)26-13-9-24(10-14-26)20-36-32(41)43-33(2,3)4/h9-16,23,28-29,38,45H,17-22H2,1-8H3,(H,35,40)(H,36,41). The zero-order valence-electron chi connectivity index (χ0n) is 28.0. The van der Waals surface area contributed by atoms with Crippen LogP contribution in [0.5, 0.6) is 5.75 Å². The molecule has 0 radical (unpaired) electrons. The van der Waals surface area contributed by atoms with Crippen LogP contribution in [0.1, 0.15) is 76.4 Å². The van der Waals surface area contributed by atoms with Crippen molar-refractivity contribution in [3.05, 3.63) is 65.2 Å². The van der Waals surface area contributed by atoms with Crippen LogP contribution in [0, 0.1) is 5.92 Å². The first-order chi connectivity index (χ1) is 21.0. The minimum Gasteiger partial charge on any atom is -0.493 e. The lowest BCUT2D eigenvalue weighted by atomic mass is 9.93. The van der Waals surface area contributed by atoms with Crippen LogP contribution in [0.25, 0.3) is 0 Å². The molecule has 248 valence electrons. The Balaban J connectivity index is 1.40. The lowest BCUT2D eigenvalue weighted by Gasteiger charge is -2.42. The Morgan fingerprint density at radius 1 is 0.911 bits per heavy atom. The van der Waals surface area contributed by atoms with E-state index in [1.807, 2.05) is 31.2 Å². The summed E-state index contributed by atoms with van der Waals surface area (Å²) >= 11 is 0. The molecule has 11 heteroatoms. The molecule has 0 saturated carbocycles. The summed E-state index contributed by atoms with van der Waals surface area (Å²) in [6.45, 7) is 17.8. The Kier molecular flexibility index (Phi) is 12.6. The number of likely N-dealkylation sites (tertiary alicyclic amines) is 1. The average molecular weight is 642 g/mol. The number of rotatable bonds is 11. The van der Waals surface area contributed by atoms with Gasteiger partial charge in [-0.05, 0) is 67.7 Å². The van der Waals surface area contributed by atoms with Crippen molar-refractivity contribution in [2.45, 2.75) is 97.4 Å². The van der Waals surface area contributed by atoms with Gasteiger partial charge in [-0.25, -0.2) is 4.79 Å². The van der Waals surface area contributed by atoms with Crippen LogP contribution in [0.2, 0.25) is 11.6 Å². The zero-order valence-corrected chi connectivity index (χ0v) is 29.2. The first-order valence-corrected chi connectivity index (χ1v) is 17.9. The molecule has 3 rings (SSSR count). The normalized spacial score (nSPS) is 19.4. The third kappa shape index (κ3) is 11.8. The Morgan fingerprint density at radius 2 is 1.49 bits per heavy atom. The lowest BCUT2D eigenvalue weighted by molar-refractivity contribution is -0.140. The van der Waals surface area contributed by atoms with E-state index < -0.39 is 26.8 Å². The van der Waals surface area contributed by atoms with Crippen LogP contribution in [0.4, 0.5) is 4.79 Å². The van der Waals surface area contributed by atoms with Gasteiger partial charge in [0, 0.05) is 37.7 Å². The number of nitrogens with zero attached hydrogens (tertiary/aromatic N) is 1. The monoisotopic (exact) mass is 641 g/mol. The molecule has 1 heterocycles. The summed E-state index contributed by atoms with van der Waals surface area (Å²) in [6, 6.07) is 14.4. The number of alkyl carbamates (subject to hydrolysis) is 1. The molecule has 2 aromatic rings. The fourth-order valence-corrected chi connectivity index (χ4v) is 5.87. The summed E-state index contributed by atoms with van der Waals surface area (Å²) in [5.41, 5.74) is 1.70. The number of amides is 3. The number of β-amino-alcohol motifs (C(OH)–C–C–N with tert-alkyl or cyclic N) is 1. The van der Waals surface area contributed by atoms with E-state index in [2.05, 4.69) is 38.0 Å². The Morgan fingerprint density at radius 3 is 2.07 bits per heavy atom. The van der Waals surface area contributed by atoms with E-state index in [9.17, 15) is 19.5 Å². The number of nitrogens with one attached hydrogen (secondary N) is 2. The largest absolute Gasteiger partial charge is 0.493 e.